The van der Waals surface area contributed by atoms with Crippen LogP contribution in [0.25, 0.3) is 0 Å². The summed E-state index contributed by atoms with van der Waals surface area (Å²) in [6, 6.07) is 8.30. The zero-order valence-corrected chi connectivity index (χ0v) is 10.4. The molecule has 0 spiro atoms. The second-order valence-corrected chi connectivity index (χ2v) is 4.94. The molecule has 2 aliphatic heterocycles. The summed E-state index contributed by atoms with van der Waals surface area (Å²) in [7, 11) is 0. The summed E-state index contributed by atoms with van der Waals surface area (Å²) in [6.07, 6.45) is 1.73. The van der Waals surface area contributed by atoms with Gasteiger partial charge in [-0.15, -0.1) is 0 Å². The summed E-state index contributed by atoms with van der Waals surface area (Å²) in [6.45, 7) is 3.17. The summed E-state index contributed by atoms with van der Waals surface area (Å²) in [5, 5.41) is 3.20. The highest BCUT2D eigenvalue weighted by molar-refractivity contribution is 5.68. The van der Waals surface area contributed by atoms with Gasteiger partial charge in [0.25, 0.3) is 0 Å². The minimum atomic E-state index is -0.168. The summed E-state index contributed by atoms with van der Waals surface area (Å²) in [4.78, 5) is 13.8. The third-order valence-electron chi connectivity index (χ3n) is 3.67. The lowest BCUT2D eigenvalue weighted by molar-refractivity contribution is 0.0667. The van der Waals surface area contributed by atoms with Crippen molar-refractivity contribution in [2.45, 2.75) is 25.5 Å². The predicted octanol–water partition coefficient (Wildman–Crippen LogP) is 1.54. The highest BCUT2D eigenvalue weighted by atomic mass is 16.6. The largest absolute Gasteiger partial charge is 0.445 e. The lowest BCUT2D eigenvalue weighted by Crippen LogP contribution is -2.38. The predicted molar refractivity (Wildman–Crippen MR) is 68.3 cm³/mol. The van der Waals surface area contributed by atoms with E-state index in [-0.39, 0.29) is 12.2 Å². The normalized spacial score (nSPS) is 22.7. The second-order valence-electron chi connectivity index (χ2n) is 4.94. The van der Waals surface area contributed by atoms with Crippen LogP contribution in [0.15, 0.2) is 24.3 Å². The molecule has 1 fully saturated rings. The first-order valence-corrected chi connectivity index (χ1v) is 6.56. The molecule has 0 radical (unpaired) electrons. The Morgan fingerprint density at radius 2 is 2.17 bits per heavy atom. The molecule has 0 unspecified atom stereocenters. The first kappa shape index (κ1) is 11.5. The Morgan fingerprint density at radius 3 is 2.94 bits per heavy atom. The molecule has 2 aliphatic rings. The van der Waals surface area contributed by atoms with Gasteiger partial charge in [0.15, 0.2) is 0 Å². The van der Waals surface area contributed by atoms with Crippen molar-refractivity contribution in [1.29, 1.82) is 0 Å². The van der Waals surface area contributed by atoms with Crippen molar-refractivity contribution in [2.75, 3.05) is 19.6 Å². The second kappa shape index (κ2) is 4.98. The highest BCUT2D eigenvalue weighted by Gasteiger charge is 2.25. The van der Waals surface area contributed by atoms with E-state index in [1.807, 2.05) is 6.07 Å². The summed E-state index contributed by atoms with van der Waals surface area (Å²) >= 11 is 0. The van der Waals surface area contributed by atoms with Crippen molar-refractivity contribution >= 4 is 6.09 Å². The van der Waals surface area contributed by atoms with Crippen molar-refractivity contribution in [2.24, 2.45) is 0 Å². The molecule has 0 saturated carbocycles. The van der Waals surface area contributed by atoms with Gasteiger partial charge >= 0.3 is 6.09 Å². The molecular formula is C14H18N2O2. The quantitative estimate of drug-likeness (QED) is 0.817. The number of ether oxygens (including phenoxy) is 1. The number of amides is 1. The zero-order chi connectivity index (χ0) is 12.4. The summed E-state index contributed by atoms with van der Waals surface area (Å²) in [5.41, 5.74) is 2.59. The number of nitrogens with zero attached hydrogens (tertiary/aromatic N) is 1. The van der Waals surface area contributed by atoms with Gasteiger partial charge in [-0.25, -0.2) is 4.79 Å². The number of rotatable bonds is 1. The number of hydrogen-bond donors (Lipinski definition) is 1. The van der Waals surface area contributed by atoms with E-state index in [1.165, 1.54) is 11.1 Å². The van der Waals surface area contributed by atoms with Crippen molar-refractivity contribution in [1.82, 2.24) is 10.2 Å². The van der Waals surface area contributed by atoms with Crippen molar-refractivity contribution < 1.29 is 9.53 Å². The maximum absolute atomic E-state index is 12.0. The number of hydrogen-bond acceptors (Lipinski definition) is 3. The van der Waals surface area contributed by atoms with Crippen LogP contribution in [0, 0.1) is 0 Å². The van der Waals surface area contributed by atoms with Crippen LogP contribution in [0.4, 0.5) is 4.79 Å². The fraction of sp³-hybridized carbons (Fsp3) is 0.500. The standard InChI is InChI=1S/C14H18N2O2/c17-14(18-13-5-7-15-9-13)16-8-6-11-3-1-2-4-12(11)10-16/h1-4,13,15H,5-10H2/t13-/m0/s1. The monoisotopic (exact) mass is 246 g/mol. The molecule has 0 bridgehead atoms. The first-order chi connectivity index (χ1) is 8.83. The minimum absolute atomic E-state index is 0.0506. The molecule has 1 N–H and O–H groups in total. The van der Waals surface area contributed by atoms with Crippen LogP contribution < -0.4 is 5.32 Å². The Morgan fingerprint density at radius 1 is 1.33 bits per heavy atom. The Balaban J connectivity index is 1.62. The maximum Gasteiger partial charge on any atom is 0.410 e. The third-order valence-corrected chi connectivity index (χ3v) is 3.67. The lowest BCUT2D eigenvalue weighted by Gasteiger charge is -2.29. The van der Waals surface area contributed by atoms with E-state index in [0.29, 0.717) is 6.54 Å². The van der Waals surface area contributed by atoms with Gasteiger partial charge in [0.2, 0.25) is 0 Å². The van der Waals surface area contributed by atoms with Crippen LogP contribution >= 0.6 is 0 Å². The molecule has 4 heteroatoms. The van der Waals surface area contributed by atoms with Gasteiger partial charge in [0.1, 0.15) is 6.10 Å². The van der Waals surface area contributed by atoms with E-state index in [9.17, 15) is 4.79 Å². The van der Waals surface area contributed by atoms with E-state index >= 15 is 0 Å². The van der Waals surface area contributed by atoms with Gasteiger partial charge in [-0.2, -0.15) is 0 Å². The molecule has 2 heterocycles. The number of benzene rings is 1. The van der Waals surface area contributed by atoms with Crippen molar-refractivity contribution in [3.05, 3.63) is 35.4 Å². The average molecular weight is 246 g/mol. The van der Waals surface area contributed by atoms with Gasteiger partial charge in [-0.05, 0) is 30.5 Å². The van der Waals surface area contributed by atoms with Gasteiger partial charge in [-0.1, -0.05) is 24.3 Å². The van der Waals surface area contributed by atoms with Crippen molar-refractivity contribution in [3.63, 3.8) is 0 Å². The molecular weight excluding hydrogens is 228 g/mol. The Labute approximate surface area is 107 Å². The molecule has 4 nitrogen and oxygen atoms in total. The van der Waals surface area contributed by atoms with Gasteiger partial charge in [-0.3, -0.25) is 0 Å². The lowest BCUT2D eigenvalue weighted by atomic mass is 10.0. The van der Waals surface area contributed by atoms with Crippen molar-refractivity contribution in [3.8, 4) is 0 Å². The highest BCUT2D eigenvalue weighted by Crippen LogP contribution is 2.19. The molecule has 96 valence electrons. The fourth-order valence-electron chi connectivity index (χ4n) is 2.60. The molecule has 1 atom stereocenters. The van der Waals surface area contributed by atoms with Crippen LogP contribution in [-0.4, -0.2) is 36.7 Å². The smallest absolute Gasteiger partial charge is 0.410 e. The van der Waals surface area contributed by atoms with Crippen LogP contribution in [0.3, 0.4) is 0 Å². The zero-order valence-electron chi connectivity index (χ0n) is 10.4. The molecule has 0 aliphatic carbocycles. The molecule has 3 rings (SSSR count). The van der Waals surface area contributed by atoms with E-state index in [4.69, 9.17) is 4.74 Å². The molecule has 1 aromatic carbocycles. The Hall–Kier alpha value is -1.55. The molecule has 1 amide bonds. The third kappa shape index (κ3) is 2.34. The van der Waals surface area contributed by atoms with E-state index in [1.54, 1.807) is 4.90 Å². The number of carbonyl (C=O) groups excluding carboxylic acids is 1. The first-order valence-electron chi connectivity index (χ1n) is 6.56. The number of carbonyl (C=O) groups is 1. The fourth-order valence-corrected chi connectivity index (χ4v) is 2.60. The maximum atomic E-state index is 12.0. The Kier molecular flexibility index (Phi) is 3.19. The topological polar surface area (TPSA) is 41.6 Å². The Bertz CT molecular complexity index is 441. The number of nitrogens with one attached hydrogen (secondary N) is 1. The molecule has 1 aromatic rings. The average Bonchev–Trinajstić information content (AvgIpc) is 2.91. The van der Waals surface area contributed by atoms with Gasteiger partial charge < -0.3 is 15.0 Å². The van der Waals surface area contributed by atoms with Crippen LogP contribution in [0.2, 0.25) is 0 Å². The van der Waals surface area contributed by atoms with E-state index < -0.39 is 0 Å². The van der Waals surface area contributed by atoms with E-state index in [2.05, 4.69) is 23.5 Å². The van der Waals surface area contributed by atoms with Crippen LogP contribution in [-0.2, 0) is 17.7 Å². The summed E-state index contributed by atoms with van der Waals surface area (Å²) < 4.78 is 5.49. The summed E-state index contributed by atoms with van der Waals surface area (Å²) in [5.74, 6) is 0. The number of fused-ring (bicyclic) bond motifs is 1. The SMILES string of the molecule is O=C(O[C@H]1CCNC1)N1CCc2ccccc2C1. The molecule has 18 heavy (non-hydrogen) atoms. The minimum Gasteiger partial charge on any atom is -0.445 e. The van der Waals surface area contributed by atoms with Crippen LogP contribution in [0.1, 0.15) is 17.5 Å². The van der Waals surface area contributed by atoms with E-state index in [0.717, 1.165) is 32.5 Å². The van der Waals surface area contributed by atoms with Crippen LogP contribution in [0.5, 0.6) is 0 Å². The molecule has 1 saturated heterocycles. The van der Waals surface area contributed by atoms with Gasteiger partial charge in [0.05, 0.1) is 0 Å². The molecule has 0 aromatic heterocycles. The van der Waals surface area contributed by atoms with Gasteiger partial charge in [0, 0.05) is 19.6 Å².